The van der Waals surface area contributed by atoms with Crippen molar-refractivity contribution in [3.05, 3.63) is 47.2 Å². The summed E-state index contributed by atoms with van der Waals surface area (Å²) in [6.45, 7) is 7.45. The number of likely N-dealkylation sites (tertiary alicyclic amines) is 1. The fourth-order valence-corrected chi connectivity index (χ4v) is 6.61. The van der Waals surface area contributed by atoms with Gasteiger partial charge < -0.3 is 24.7 Å². The number of hydrogen-bond donors (Lipinski definition) is 2. The number of nitrogens with zero attached hydrogens (tertiary/aromatic N) is 5. The molecule has 2 fully saturated rings. The van der Waals surface area contributed by atoms with Crippen LogP contribution in [-0.4, -0.2) is 75.0 Å². The molecule has 2 N–H and O–H groups in total. The number of β-amino-alcohol motifs (C(OH)–C–C–N with tert-alkyl or cyclic N) is 1. The number of aromatic nitrogens is 3. The molecule has 0 aliphatic carbocycles. The molecule has 2 saturated heterocycles. The number of benzene rings is 2. The number of halogens is 2. The van der Waals surface area contributed by atoms with Crippen molar-refractivity contribution in [3.8, 4) is 34.9 Å². The van der Waals surface area contributed by atoms with E-state index < -0.39 is 17.2 Å². The zero-order chi connectivity index (χ0) is 31.2. The standard InChI is InChI=1S/C34H37F2N5O3/c1-5-9-26-28-31(29(36)30(37-26)24-17-22(42)16-20-11-12-25(35)23(6-2)27(20)24)38-33(44-18-21-10-7-14-40(21)4)39-32(28)41-15-8-13-34(3,43)19-41/h11-12,16-17,21,42-43H,6-8,10,13-15,18-19H2,1-4H3/t21-,34+/m0/s1. The van der Waals surface area contributed by atoms with E-state index in [9.17, 15) is 10.2 Å². The van der Waals surface area contributed by atoms with E-state index in [-0.39, 0.29) is 46.8 Å². The first-order valence-electron chi connectivity index (χ1n) is 15.2. The number of aryl methyl sites for hydroxylation is 1. The Bertz CT molecular complexity index is 1820. The van der Waals surface area contributed by atoms with E-state index in [2.05, 4.69) is 21.7 Å². The Kier molecular flexibility index (Phi) is 8.03. The number of hydrogen-bond acceptors (Lipinski definition) is 8. The Morgan fingerprint density at radius 2 is 1.93 bits per heavy atom. The summed E-state index contributed by atoms with van der Waals surface area (Å²) in [4.78, 5) is 18.2. The van der Waals surface area contributed by atoms with Crippen molar-refractivity contribution in [1.29, 1.82) is 0 Å². The highest BCUT2D eigenvalue weighted by Gasteiger charge is 2.33. The van der Waals surface area contributed by atoms with Gasteiger partial charge in [-0.25, -0.2) is 13.8 Å². The summed E-state index contributed by atoms with van der Waals surface area (Å²) in [5.41, 5.74) is -0.229. The second kappa shape index (κ2) is 11.8. The summed E-state index contributed by atoms with van der Waals surface area (Å²) in [5.74, 6) is 5.00. The second-order valence-electron chi connectivity index (χ2n) is 12.1. The highest BCUT2D eigenvalue weighted by molar-refractivity contribution is 6.03. The Hall–Kier alpha value is -4.07. The molecule has 0 saturated carbocycles. The highest BCUT2D eigenvalue weighted by Crippen LogP contribution is 2.40. The van der Waals surface area contributed by atoms with Crippen LogP contribution in [0.3, 0.4) is 0 Å². The van der Waals surface area contributed by atoms with Gasteiger partial charge in [0.05, 0.1) is 11.0 Å². The van der Waals surface area contributed by atoms with Crippen LogP contribution in [0.25, 0.3) is 32.9 Å². The molecule has 2 aromatic carbocycles. The molecule has 10 heteroatoms. The van der Waals surface area contributed by atoms with E-state index in [4.69, 9.17) is 14.7 Å². The maximum absolute atomic E-state index is 16.9. The number of anilines is 1. The third-order valence-electron chi connectivity index (χ3n) is 8.80. The Balaban J connectivity index is 1.62. The largest absolute Gasteiger partial charge is 0.508 e. The van der Waals surface area contributed by atoms with E-state index in [1.54, 1.807) is 19.9 Å². The quantitative estimate of drug-likeness (QED) is 0.277. The monoisotopic (exact) mass is 601 g/mol. The molecule has 6 rings (SSSR count). The number of phenols is 1. The van der Waals surface area contributed by atoms with Crippen LogP contribution in [0.15, 0.2) is 24.3 Å². The SMILES string of the molecule is CC#Cc1nc(-c2cc(O)cc3ccc(F)c(CC)c23)c(F)c2nc(OC[C@@H]3CCCN3C)nc(N3CCC[C@@](C)(O)C3)c12. The minimum absolute atomic E-state index is 0.0190. The number of pyridine rings is 1. The molecular weight excluding hydrogens is 564 g/mol. The van der Waals surface area contributed by atoms with Gasteiger partial charge in [0.25, 0.3) is 0 Å². The number of aliphatic hydroxyl groups is 1. The van der Waals surface area contributed by atoms with Gasteiger partial charge in [0.1, 0.15) is 40.9 Å². The molecule has 8 nitrogen and oxygen atoms in total. The normalized spacial score (nSPS) is 20.7. The topological polar surface area (TPSA) is 94.8 Å². The van der Waals surface area contributed by atoms with Gasteiger partial charge in [0.2, 0.25) is 0 Å². The van der Waals surface area contributed by atoms with Gasteiger partial charge in [-0.3, -0.25) is 0 Å². The number of aromatic hydroxyl groups is 1. The first-order valence-corrected chi connectivity index (χ1v) is 15.2. The van der Waals surface area contributed by atoms with E-state index >= 15 is 8.78 Å². The Morgan fingerprint density at radius 3 is 2.64 bits per heavy atom. The van der Waals surface area contributed by atoms with Crippen LogP contribution < -0.4 is 9.64 Å². The van der Waals surface area contributed by atoms with Gasteiger partial charge >= 0.3 is 6.01 Å². The minimum Gasteiger partial charge on any atom is -0.508 e. The lowest BCUT2D eigenvalue weighted by atomic mass is 9.93. The average molecular weight is 602 g/mol. The van der Waals surface area contributed by atoms with Crippen molar-refractivity contribution in [2.24, 2.45) is 0 Å². The van der Waals surface area contributed by atoms with Crippen LogP contribution in [0.2, 0.25) is 0 Å². The zero-order valence-corrected chi connectivity index (χ0v) is 25.5. The maximum Gasteiger partial charge on any atom is 0.319 e. The molecule has 230 valence electrons. The number of piperidine rings is 1. The van der Waals surface area contributed by atoms with Crippen LogP contribution in [0.1, 0.15) is 57.7 Å². The molecule has 0 spiro atoms. The van der Waals surface area contributed by atoms with Crippen molar-refractivity contribution in [1.82, 2.24) is 19.9 Å². The molecule has 0 bridgehead atoms. The molecule has 44 heavy (non-hydrogen) atoms. The average Bonchev–Trinajstić information content (AvgIpc) is 3.40. The van der Waals surface area contributed by atoms with Gasteiger partial charge in [-0.15, -0.1) is 0 Å². The van der Waals surface area contributed by atoms with Crippen LogP contribution >= 0.6 is 0 Å². The zero-order valence-electron chi connectivity index (χ0n) is 25.5. The first-order chi connectivity index (χ1) is 21.1. The molecule has 0 radical (unpaired) electrons. The summed E-state index contributed by atoms with van der Waals surface area (Å²) in [7, 11) is 2.05. The highest BCUT2D eigenvalue weighted by atomic mass is 19.1. The van der Waals surface area contributed by atoms with Crippen LogP contribution in [0.4, 0.5) is 14.6 Å². The number of fused-ring (bicyclic) bond motifs is 2. The van der Waals surface area contributed by atoms with E-state index in [1.807, 2.05) is 18.9 Å². The van der Waals surface area contributed by atoms with Gasteiger partial charge in [0, 0.05) is 24.7 Å². The third-order valence-corrected chi connectivity index (χ3v) is 8.80. The Morgan fingerprint density at radius 1 is 1.11 bits per heavy atom. The summed E-state index contributed by atoms with van der Waals surface area (Å²) >= 11 is 0. The minimum atomic E-state index is -0.966. The molecule has 4 heterocycles. The summed E-state index contributed by atoms with van der Waals surface area (Å²) < 4.78 is 38.1. The van der Waals surface area contributed by atoms with Crippen molar-refractivity contribution in [2.45, 2.75) is 64.5 Å². The molecule has 2 aromatic heterocycles. The third kappa shape index (κ3) is 5.51. The predicted octanol–water partition coefficient (Wildman–Crippen LogP) is 5.59. The number of ether oxygens (including phenoxy) is 1. The van der Waals surface area contributed by atoms with E-state index in [1.165, 1.54) is 18.2 Å². The molecule has 2 atom stereocenters. The lowest BCUT2D eigenvalue weighted by Crippen LogP contribution is -2.46. The fourth-order valence-electron chi connectivity index (χ4n) is 6.61. The molecule has 4 aromatic rings. The summed E-state index contributed by atoms with van der Waals surface area (Å²) in [6, 6.07) is 6.05. The smallest absolute Gasteiger partial charge is 0.319 e. The summed E-state index contributed by atoms with van der Waals surface area (Å²) in [5, 5.41) is 22.9. The van der Waals surface area contributed by atoms with Crippen molar-refractivity contribution in [3.63, 3.8) is 0 Å². The van der Waals surface area contributed by atoms with Crippen LogP contribution in [0.5, 0.6) is 11.8 Å². The van der Waals surface area contributed by atoms with E-state index in [0.717, 1.165) is 19.4 Å². The van der Waals surface area contributed by atoms with Gasteiger partial charge in [-0.2, -0.15) is 9.97 Å². The number of phenolic OH excluding ortho intramolecular Hbond substituents is 1. The van der Waals surface area contributed by atoms with Gasteiger partial charge in [-0.1, -0.05) is 18.9 Å². The fraction of sp³-hybridized carbons (Fsp3) is 0.441. The number of likely N-dealkylation sites (N-methyl/N-ethyl adjacent to an activating group) is 1. The molecule has 2 aliphatic heterocycles. The van der Waals surface area contributed by atoms with Gasteiger partial charge in [0.15, 0.2) is 5.82 Å². The van der Waals surface area contributed by atoms with Crippen molar-refractivity contribution in [2.75, 3.05) is 38.2 Å². The molecule has 0 unspecified atom stereocenters. The Labute approximate surface area is 255 Å². The first kappa shape index (κ1) is 30.0. The van der Waals surface area contributed by atoms with E-state index in [0.29, 0.717) is 60.0 Å². The van der Waals surface area contributed by atoms with Crippen molar-refractivity contribution >= 4 is 27.5 Å². The molecular formula is C34H37F2N5O3. The summed E-state index contributed by atoms with van der Waals surface area (Å²) in [6.07, 6.45) is 3.74. The molecule has 0 amide bonds. The van der Waals surface area contributed by atoms with Crippen LogP contribution in [0, 0.1) is 23.5 Å². The molecule has 2 aliphatic rings. The van der Waals surface area contributed by atoms with Gasteiger partial charge in [-0.05, 0) is 100.0 Å². The lowest BCUT2D eigenvalue weighted by Gasteiger charge is -2.38. The number of rotatable bonds is 6. The lowest BCUT2D eigenvalue weighted by molar-refractivity contribution is 0.0447. The second-order valence-corrected chi connectivity index (χ2v) is 12.1. The predicted molar refractivity (Wildman–Crippen MR) is 167 cm³/mol. The van der Waals surface area contributed by atoms with Crippen molar-refractivity contribution < 1.29 is 23.7 Å². The van der Waals surface area contributed by atoms with Crippen LogP contribution in [-0.2, 0) is 6.42 Å². The maximum atomic E-state index is 16.9.